The molecule has 1 aromatic rings. The van der Waals surface area contributed by atoms with Gasteiger partial charge in [0.25, 0.3) is 0 Å². The second-order valence-corrected chi connectivity index (χ2v) is 9.32. The van der Waals surface area contributed by atoms with Crippen molar-refractivity contribution >= 4 is 5.97 Å². The van der Waals surface area contributed by atoms with Gasteiger partial charge in [0.15, 0.2) is 11.5 Å². The number of carbonyl (C=O) groups excluding carboxylic acids is 1. The van der Waals surface area contributed by atoms with Crippen LogP contribution in [0.1, 0.15) is 89.0 Å². The molecule has 0 heterocycles. The van der Waals surface area contributed by atoms with E-state index in [4.69, 9.17) is 9.47 Å². The molecule has 0 bridgehead atoms. The van der Waals surface area contributed by atoms with Crippen LogP contribution in [0.25, 0.3) is 0 Å². The Labute approximate surface area is 168 Å². The molecule has 0 amide bonds. The summed E-state index contributed by atoms with van der Waals surface area (Å²) in [5, 5.41) is 22.0. The second-order valence-electron chi connectivity index (χ2n) is 9.32. The molecule has 3 atom stereocenters. The number of phenols is 2. The molecule has 1 fully saturated rings. The summed E-state index contributed by atoms with van der Waals surface area (Å²) in [6, 6.07) is 1.93. The summed E-state index contributed by atoms with van der Waals surface area (Å²) in [6.45, 7) is 10.8. The number of carbonyl (C=O) groups is 1. The van der Waals surface area contributed by atoms with E-state index in [0.29, 0.717) is 30.6 Å². The standard InChI is InChI=1S/C23H34O5/c1-7-28-16-12-17-22(4,5)9-8-10-23(17,21(26)27-6)18-15(16)11-14(13(2)3)19(24)20(18)25/h11,13,16-17,24-25H,7-10,12H2,1-6H3/t16?,17-,23+/m0/s1. The molecule has 5 nitrogen and oxygen atoms in total. The van der Waals surface area contributed by atoms with Crippen molar-refractivity contribution in [2.45, 2.75) is 77.7 Å². The maximum Gasteiger partial charge on any atom is 0.316 e. The third-order valence-electron chi connectivity index (χ3n) is 7.05. The molecule has 1 aromatic carbocycles. The Kier molecular flexibility index (Phi) is 5.43. The van der Waals surface area contributed by atoms with Crippen molar-refractivity contribution in [2.24, 2.45) is 11.3 Å². The first-order valence-electron chi connectivity index (χ1n) is 10.4. The maximum absolute atomic E-state index is 13.3. The zero-order valence-corrected chi connectivity index (χ0v) is 18.0. The van der Waals surface area contributed by atoms with Gasteiger partial charge in [-0.3, -0.25) is 4.79 Å². The van der Waals surface area contributed by atoms with Gasteiger partial charge in [-0.05, 0) is 55.1 Å². The van der Waals surface area contributed by atoms with Crippen molar-refractivity contribution < 1.29 is 24.5 Å². The van der Waals surface area contributed by atoms with Crippen LogP contribution in [0.3, 0.4) is 0 Å². The fourth-order valence-electron chi connectivity index (χ4n) is 5.75. The Morgan fingerprint density at radius 1 is 1.25 bits per heavy atom. The van der Waals surface area contributed by atoms with Gasteiger partial charge in [-0.2, -0.15) is 0 Å². The number of phenolic OH excluding ortho intramolecular Hbond substituents is 2. The van der Waals surface area contributed by atoms with Crippen LogP contribution in [-0.4, -0.2) is 29.9 Å². The normalized spacial score (nSPS) is 28.5. The van der Waals surface area contributed by atoms with E-state index in [2.05, 4.69) is 13.8 Å². The van der Waals surface area contributed by atoms with Crippen molar-refractivity contribution in [1.82, 2.24) is 0 Å². The van der Waals surface area contributed by atoms with Gasteiger partial charge in [0.2, 0.25) is 0 Å². The number of aromatic hydroxyl groups is 2. The van der Waals surface area contributed by atoms with Crippen LogP contribution in [-0.2, 0) is 19.7 Å². The van der Waals surface area contributed by atoms with E-state index in [9.17, 15) is 15.0 Å². The molecule has 0 spiro atoms. The quantitative estimate of drug-likeness (QED) is 0.562. The number of methoxy groups -OCH3 is 1. The van der Waals surface area contributed by atoms with Crippen molar-refractivity contribution in [2.75, 3.05) is 13.7 Å². The maximum atomic E-state index is 13.3. The lowest BCUT2D eigenvalue weighted by atomic mass is 9.49. The van der Waals surface area contributed by atoms with Crippen LogP contribution in [0.2, 0.25) is 0 Å². The van der Waals surface area contributed by atoms with Gasteiger partial charge in [-0.25, -0.2) is 0 Å². The SMILES string of the molecule is CCOC1C[C@H]2C(C)(C)CCC[C@]2(C(=O)OC)c2c1cc(C(C)C)c(O)c2O. The zero-order chi connectivity index (χ0) is 20.9. The summed E-state index contributed by atoms with van der Waals surface area (Å²) in [5.74, 6) is -0.642. The Hall–Kier alpha value is -1.75. The molecule has 0 radical (unpaired) electrons. The van der Waals surface area contributed by atoms with E-state index >= 15 is 0 Å². The fourth-order valence-corrected chi connectivity index (χ4v) is 5.75. The highest BCUT2D eigenvalue weighted by Gasteiger charge is 2.61. The Bertz CT molecular complexity index is 767. The van der Waals surface area contributed by atoms with E-state index in [0.717, 1.165) is 18.4 Å². The molecular weight excluding hydrogens is 356 g/mol. The average molecular weight is 391 g/mol. The molecule has 1 unspecified atom stereocenters. The summed E-state index contributed by atoms with van der Waals surface area (Å²) in [7, 11) is 1.41. The van der Waals surface area contributed by atoms with Gasteiger partial charge in [0.05, 0.1) is 13.2 Å². The summed E-state index contributed by atoms with van der Waals surface area (Å²) >= 11 is 0. The van der Waals surface area contributed by atoms with Crippen LogP contribution < -0.4 is 0 Å². The van der Waals surface area contributed by atoms with Crippen molar-refractivity contribution in [3.05, 3.63) is 22.8 Å². The third-order valence-corrected chi connectivity index (χ3v) is 7.05. The van der Waals surface area contributed by atoms with Crippen LogP contribution in [0.4, 0.5) is 0 Å². The number of benzene rings is 1. The molecule has 3 rings (SSSR count). The topological polar surface area (TPSA) is 76.0 Å². The number of fused-ring (bicyclic) bond motifs is 3. The van der Waals surface area contributed by atoms with E-state index in [1.165, 1.54) is 7.11 Å². The summed E-state index contributed by atoms with van der Waals surface area (Å²) in [4.78, 5) is 13.3. The smallest absolute Gasteiger partial charge is 0.316 e. The Morgan fingerprint density at radius 3 is 2.50 bits per heavy atom. The predicted octanol–water partition coefficient (Wildman–Crippen LogP) is 4.94. The molecule has 0 saturated heterocycles. The van der Waals surface area contributed by atoms with Crippen molar-refractivity contribution in [3.8, 4) is 11.5 Å². The second kappa shape index (κ2) is 7.25. The Balaban J connectivity index is 2.37. The molecule has 2 aliphatic rings. The molecule has 5 heteroatoms. The average Bonchev–Trinajstić information content (AvgIpc) is 2.63. The predicted molar refractivity (Wildman–Crippen MR) is 108 cm³/mol. The minimum atomic E-state index is -0.962. The lowest BCUT2D eigenvalue weighted by Crippen LogP contribution is -2.55. The largest absolute Gasteiger partial charge is 0.504 e. The minimum absolute atomic E-state index is 0.0353. The molecule has 28 heavy (non-hydrogen) atoms. The van der Waals surface area contributed by atoms with E-state index in [1.54, 1.807) is 0 Å². The first kappa shape index (κ1) is 21.0. The zero-order valence-electron chi connectivity index (χ0n) is 18.0. The lowest BCUT2D eigenvalue weighted by Gasteiger charge is -2.55. The van der Waals surface area contributed by atoms with Crippen molar-refractivity contribution in [1.29, 1.82) is 0 Å². The molecular formula is C23H34O5. The highest BCUT2D eigenvalue weighted by Crippen LogP contribution is 2.63. The summed E-state index contributed by atoms with van der Waals surface area (Å²) < 4.78 is 11.4. The number of ether oxygens (including phenoxy) is 2. The monoisotopic (exact) mass is 390 g/mol. The van der Waals surface area contributed by atoms with Gasteiger partial charge in [-0.1, -0.05) is 34.1 Å². The van der Waals surface area contributed by atoms with Crippen LogP contribution in [0.5, 0.6) is 11.5 Å². The summed E-state index contributed by atoms with van der Waals surface area (Å²) in [6.07, 6.45) is 2.95. The van der Waals surface area contributed by atoms with Gasteiger partial charge in [-0.15, -0.1) is 0 Å². The number of hydrogen-bond acceptors (Lipinski definition) is 5. The third kappa shape index (κ3) is 2.90. The number of rotatable bonds is 4. The Morgan fingerprint density at radius 2 is 1.93 bits per heavy atom. The summed E-state index contributed by atoms with van der Waals surface area (Å²) in [5.41, 5.74) is 0.938. The highest BCUT2D eigenvalue weighted by molar-refractivity contribution is 5.87. The van der Waals surface area contributed by atoms with E-state index in [1.807, 2.05) is 26.8 Å². The van der Waals surface area contributed by atoms with Gasteiger partial charge >= 0.3 is 5.97 Å². The van der Waals surface area contributed by atoms with Gasteiger partial charge < -0.3 is 19.7 Å². The van der Waals surface area contributed by atoms with Crippen LogP contribution in [0, 0.1) is 11.3 Å². The lowest BCUT2D eigenvalue weighted by molar-refractivity contribution is -0.159. The first-order chi connectivity index (χ1) is 13.1. The number of hydrogen-bond donors (Lipinski definition) is 2. The van der Waals surface area contributed by atoms with Gasteiger partial charge in [0, 0.05) is 17.7 Å². The first-order valence-corrected chi connectivity index (χ1v) is 10.4. The molecule has 2 N–H and O–H groups in total. The highest BCUT2D eigenvalue weighted by atomic mass is 16.5. The number of esters is 1. The molecule has 0 aliphatic heterocycles. The van der Waals surface area contributed by atoms with E-state index in [-0.39, 0.29) is 40.8 Å². The van der Waals surface area contributed by atoms with Crippen molar-refractivity contribution in [3.63, 3.8) is 0 Å². The molecule has 1 saturated carbocycles. The minimum Gasteiger partial charge on any atom is -0.504 e. The molecule has 0 aromatic heterocycles. The van der Waals surface area contributed by atoms with E-state index < -0.39 is 5.41 Å². The van der Waals surface area contributed by atoms with Gasteiger partial charge in [0.1, 0.15) is 5.41 Å². The molecule has 156 valence electrons. The fraction of sp³-hybridized carbons (Fsp3) is 0.696. The molecule has 2 aliphatic carbocycles. The van der Waals surface area contributed by atoms with Crippen LogP contribution in [0.15, 0.2) is 6.07 Å². The van der Waals surface area contributed by atoms with Crippen LogP contribution >= 0.6 is 0 Å².